The van der Waals surface area contributed by atoms with Crippen LogP contribution in [-0.2, 0) is 53.3 Å². The molecule has 0 aromatic carbocycles. The van der Waals surface area contributed by atoms with Crippen LogP contribution < -0.4 is 0 Å². The summed E-state index contributed by atoms with van der Waals surface area (Å²) in [6, 6.07) is 0. The fraction of sp³-hybridized carbons (Fsp3) is 0.625. The largest absolute Gasteiger partial charge is 4.00 e. The van der Waals surface area contributed by atoms with Crippen LogP contribution >= 0.6 is 0 Å². The molecule has 134 valence electrons. The maximum Gasteiger partial charge on any atom is 4.00 e. The molecular weight excluding hydrogens is 368 g/mol. The molecule has 22 heavy (non-hydrogen) atoms. The summed E-state index contributed by atoms with van der Waals surface area (Å²) in [5, 5.41) is 0. The van der Waals surface area contributed by atoms with Crippen molar-refractivity contribution in [3.63, 3.8) is 0 Å². The summed E-state index contributed by atoms with van der Waals surface area (Å²) >= 11 is 0. The monoisotopic (exact) mass is 398 g/mol. The van der Waals surface area contributed by atoms with Crippen LogP contribution in [0.25, 0.3) is 0 Å². The van der Waals surface area contributed by atoms with E-state index in [1.54, 1.807) is 0 Å². The fourth-order valence-electron chi connectivity index (χ4n) is 1.77. The van der Waals surface area contributed by atoms with Gasteiger partial charge in [0.1, 0.15) is 0 Å². The normalized spacial score (nSPS) is 11.6. The van der Waals surface area contributed by atoms with Gasteiger partial charge in [-0.15, -0.1) is 0 Å². The van der Waals surface area contributed by atoms with Gasteiger partial charge in [-0.1, -0.05) is 64.2 Å². The van der Waals surface area contributed by atoms with Gasteiger partial charge >= 0.3 is 34.1 Å². The van der Waals surface area contributed by atoms with Crippen molar-refractivity contribution in [3.8, 4) is 0 Å². The fourth-order valence-corrected chi connectivity index (χ4v) is 1.77. The van der Waals surface area contributed by atoms with Gasteiger partial charge in [0.25, 0.3) is 0 Å². The van der Waals surface area contributed by atoms with E-state index in [9.17, 15) is 0 Å². The van der Waals surface area contributed by atoms with E-state index in [1.807, 2.05) is 0 Å². The van der Waals surface area contributed by atoms with Crippen LogP contribution in [0, 0.1) is 14.9 Å². The molecule has 0 unspecified atom stereocenters. The standard InChI is InChI=1S/2C5H10.4CHO.2CH3.2Fe/c2*1-2-4-5-3-1;4*1-2;;;;/h2*1-5H2;4*1H;2*1H3;;/q;;6*-1;+2;+4. The molecule has 0 aliphatic heterocycles. The van der Waals surface area contributed by atoms with Crippen molar-refractivity contribution in [1.82, 2.24) is 0 Å². The number of hydrogen-bond acceptors (Lipinski definition) is 4. The number of hydrogen-bond donors (Lipinski definition) is 0. The predicted molar refractivity (Wildman–Crippen MR) is 86.0 cm³/mol. The minimum absolute atomic E-state index is 0. The van der Waals surface area contributed by atoms with Gasteiger partial charge < -0.3 is 34.0 Å². The Hall–Kier alpha value is -0.281. The van der Waals surface area contributed by atoms with Crippen LogP contribution in [0.1, 0.15) is 64.2 Å². The Kier molecular flexibility index (Phi) is 192. The smallest absolute Gasteiger partial charge is 0.545 e. The molecule has 2 saturated carbocycles. The molecule has 2 fully saturated rings. The molecule has 2 rings (SSSR count). The second-order valence-electron chi connectivity index (χ2n) is 3.54. The molecule has 4 nitrogen and oxygen atoms in total. The minimum Gasteiger partial charge on any atom is -0.545 e. The zero-order valence-corrected chi connectivity index (χ0v) is 15.9. The van der Waals surface area contributed by atoms with Gasteiger partial charge in [0.2, 0.25) is 0 Å². The van der Waals surface area contributed by atoms with E-state index in [0.29, 0.717) is 0 Å². The van der Waals surface area contributed by atoms with E-state index in [2.05, 4.69) is 27.2 Å². The van der Waals surface area contributed by atoms with Crippen LogP contribution in [-0.4, -0.2) is 27.2 Å². The maximum absolute atomic E-state index is 7.75. The molecule has 0 atom stereocenters. The first kappa shape index (κ1) is 49.5. The summed E-state index contributed by atoms with van der Waals surface area (Å²) in [7, 11) is 0. The van der Waals surface area contributed by atoms with Crippen LogP contribution in [0.15, 0.2) is 0 Å². The van der Waals surface area contributed by atoms with E-state index in [0.717, 1.165) is 0 Å². The van der Waals surface area contributed by atoms with Gasteiger partial charge in [0.15, 0.2) is 0 Å². The van der Waals surface area contributed by atoms with E-state index in [-0.39, 0.29) is 49.0 Å². The van der Waals surface area contributed by atoms with E-state index >= 15 is 0 Å². The van der Waals surface area contributed by atoms with E-state index in [1.165, 1.54) is 64.2 Å². The molecule has 0 bridgehead atoms. The predicted octanol–water partition coefficient (Wildman–Crippen LogP) is 3.70. The van der Waals surface area contributed by atoms with Gasteiger partial charge in [0.05, 0.1) is 0 Å². The van der Waals surface area contributed by atoms with Gasteiger partial charge in [-0.25, -0.2) is 0 Å². The van der Waals surface area contributed by atoms with E-state index < -0.39 is 0 Å². The Morgan fingerprint density at radius 2 is 0.409 bits per heavy atom. The molecule has 2 aliphatic carbocycles. The third kappa shape index (κ3) is 73.1. The summed E-state index contributed by atoms with van der Waals surface area (Å²) in [4.78, 5) is 31.0. The first-order valence-corrected chi connectivity index (χ1v) is 5.94. The molecule has 0 heterocycles. The van der Waals surface area contributed by atoms with Crippen LogP contribution in [0.3, 0.4) is 0 Å². The van der Waals surface area contributed by atoms with Crippen LogP contribution in [0.5, 0.6) is 0 Å². The third-order valence-electron chi connectivity index (χ3n) is 2.50. The van der Waals surface area contributed by atoms with Crippen LogP contribution in [0.2, 0.25) is 0 Å². The molecule has 2 aliphatic rings. The van der Waals surface area contributed by atoms with Crippen LogP contribution in [0.4, 0.5) is 0 Å². The second kappa shape index (κ2) is 85.3. The first-order valence-electron chi connectivity index (χ1n) is 5.94. The van der Waals surface area contributed by atoms with Gasteiger partial charge in [-0.2, -0.15) is 0 Å². The molecular formula is C16H30Fe2O4. The number of rotatable bonds is 0. The first-order chi connectivity index (χ1) is 9.00. The Morgan fingerprint density at radius 3 is 0.455 bits per heavy atom. The summed E-state index contributed by atoms with van der Waals surface area (Å²) < 4.78 is 0. The summed E-state index contributed by atoms with van der Waals surface area (Å²) in [6.45, 7) is 13.0. The van der Waals surface area contributed by atoms with Crippen molar-refractivity contribution in [2.45, 2.75) is 64.2 Å². The molecule has 0 radical (unpaired) electrons. The van der Waals surface area contributed by atoms with Gasteiger partial charge in [-0.05, 0) is 0 Å². The average molecular weight is 398 g/mol. The Labute approximate surface area is 159 Å². The zero-order chi connectivity index (χ0) is 15.1. The van der Waals surface area contributed by atoms with Crippen molar-refractivity contribution < 1.29 is 53.3 Å². The SMILES string of the molecule is C1CCCC1.C1CCCC1.[CH-]=O.[CH-]=O.[CH-]=O.[CH-]=O.[CH3-].[CH3-].[Fe+2].[Fe+4]. The Bertz CT molecular complexity index is 89.5. The van der Waals surface area contributed by atoms with Gasteiger partial charge in [-0.3, -0.25) is 27.2 Å². The van der Waals surface area contributed by atoms with Crippen molar-refractivity contribution >= 4 is 27.2 Å². The zero-order valence-electron chi connectivity index (χ0n) is 13.7. The molecule has 0 spiro atoms. The topological polar surface area (TPSA) is 68.3 Å². The second-order valence-corrected chi connectivity index (χ2v) is 3.54. The maximum atomic E-state index is 7.75. The summed E-state index contributed by atoms with van der Waals surface area (Å²) in [5.41, 5.74) is 0. The molecule has 6 heteroatoms. The van der Waals surface area contributed by atoms with Crippen molar-refractivity contribution in [2.24, 2.45) is 0 Å². The molecule has 0 aromatic heterocycles. The van der Waals surface area contributed by atoms with Crippen molar-refractivity contribution in [3.05, 3.63) is 14.9 Å². The van der Waals surface area contributed by atoms with E-state index in [4.69, 9.17) is 19.2 Å². The van der Waals surface area contributed by atoms with Crippen molar-refractivity contribution in [2.75, 3.05) is 0 Å². The molecule has 0 saturated heterocycles. The Balaban J connectivity index is -0.0000000184. The summed E-state index contributed by atoms with van der Waals surface area (Å²) in [6.07, 6.45) is 15.0. The Morgan fingerprint density at radius 1 is 0.364 bits per heavy atom. The molecule has 0 amide bonds. The quantitative estimate of drug-likeness (QED) is 0.355. The average Bonchev–Trinajstić information content (AvgIpc) is 3.25. The molecule has 0 aromatic rings. The van der Waals surface area contributed by atoms with Gasteiger partial charge in [0, 0.05) is 0 Å². The number of carbonyl (C=O) groups excluding carboxylic acids is 4. The van der Waals surface area contributed by atoms with Crippen molar-refractivity contribution in [1.29, 1.82) is 0 Å². The molecule has 0 N–H and O–H groups in total. The minimum atomic E-state index is 0. The summed E-state index contributed by atoms with van der Waals surface area (Å²) in [5.74, 6) is 0. The third-order valence-corrected chi connectivity index (χ3v) is 2.50.